The molecule has 190 valence electrons. The molecule has 0 fully saturated rings. The second kappa shape index (κ2) is 16.2. The summed E-state index contributed by atoms with van der Waals surface area (Å²) in [6.07, 6.45) is 7.16. The third-order valence-corrected chi connectivity index (χ3v) is 5.18. The number of carbonyl (C=O) groups is 3. The van der Waals surface area contributed by atoms with Crippen molar-refractivity contribution in [1.29, 1.82) is 0 Å². The number of nitrogen functional groups attached to an aromatic ring is 1. The van der Waals surface area contributed by atoms with Crippen molar-refractivity contribution in [2.24, 2.45) is 0 Å². The summed E-state index contributed by atoms with van der Waals surface area (Å²) in [5, 5.41) is 14.0. The van der Waals surface area contributed by atoms with Gasteiger partial charge in [0.25, 0.3) is 5.91 Å². The fraction of sp³-hybridized carbons (Fsp3) is 0.423. The third-order valence-electron chi connectivity index (χ3n) is 5.18. The molecule has 0 unspecified atom stereocenters. The van der Waals surface area contributed by atoms with Crippen LogP contribution in [0.1, 0.15) is 55.3 Å². The minimum atomic E-state index is -0.935. The molecule has 0 aromatic heterocycles. The molecule has 0 aliphatic heterocycles. The lowest BCUT2D eigenvalue weighted by Crippen LogP contribution is -2.19. The molecule has 9 heteroatoms. The van der Waals surface area contributed by atoms with E-state index in [0.29, 0.717) is 35.8 Å². The van der Waals surface area contributed by atoms with Gasteiger partial charge in [0.15, 0.2) is 0 Å². The Morgan fingerprint density at radius 1 is 0.743 bits per heavy atom. The number of carboxylic acids is 1. The van der Waals surface area contributed by atoms with Crippen LogP contribution in [-0.4, -0.2) is 49.3 Å². The minimum absolute atomic E-state index is 0.0220. The molecular weight excluding hydrogens is 450 g/mol. The van der Waals surface area contributed by atoms with Crippen LogP contribution in [0.25, 0.3) is 0 Å². The molecule has 0 heterocycles. The molecule has 35 heavy (non-hydrogen) atoms. The molecule has 0 saturated carbocycles. The van der Waals surface area contributed by atoms with E-state index in [2.05, 4.69) is 10.6 Å². The summed E-state index contributed by atoms with van der Waals surface area (Å²) in [6.45, 7) is 0.768. The number of anilines is 3. The van der Waals surface area contributed by atoms with Crippen LogP contribution in [0.4, 0.5) is 17.1 Å². The van der Waals surface area contributed by atoms with E-state index in [9.17, 15) is 14.4 Å². The SMILES string of the molecule is Nc1ccccc1NC(=O)c1ccc(NC(=O)COCCCCCCCCCOCC(=O)O)cc1. The smallest absolute Gasteiger partial charge is 0.329 e. The van der Waals surface area contributed by atoms with Crippen molar-refractivity contribution in [2.75, 3.05) is 42.8 Å². The first-order valence-corrected chi connectivity index (χ1v) is 11.9. The van der Waals surface area contributed by atoms with Gasteiger partial charge in [0.1, 0.15) is 13.2 Å². The molecular formula is C26H35N3O6. The van der Waals surface area contributed by atoms with Crippen molar-refractivity contribution in [3.05, 3.63) is 54.1 Å². The van der Waals surface area contributed by atoms with Gasteiger partial charge in [0, 0.05) is 24.5 Å². The number of benzene rings is 2. The van der Waals surface area contributed by atoms with Gasteiger partial charge in [0.05, 0.1) is 11.4 Å². The largest absolute Gasteiger partial charge is 0.480 e. The lowest BCUT2D eigenvalue weighted by Gasteiger charge is -2.09. The van der Waals surface area contributed by atoms with E-state index in [0.717, 1.165) is 44.9 Å². The zero-order valence-electron chi connectivity index (χ0n) is 20.0. The van der Waals surface area contributed by atoms with Crippen LogP contribution in [0.3, 0.4) is 0 Å². The molecule has 2 aromatic carbocycles. The summed E-state index contributed by atoms with van der Waals surface area (Å²) >= 11 is 0. The predicted molar refractivity (Wildman–Crippen MR) is 135 cm³/mol. The Kier molecular flexibility index (Phi) is 12.9. The Bertz CT molecular complexity index is 933. The Morgan fingerprint density at radius 2 is 1.31 bits per heavy atom. The molecule has 0 spiro atoms. The number of ether oxygens (including phenoxy) is 2. The lowest BCUT2D eigenvalue weighted by atomic mass is 10.1. The third kappa shape index (κ3) is 12.0. The second-order valence-corrected chi connectivity index (χ2v) is 8.14. The maximum Gasteiger partial charge on any atom is 0.329 e. The topological polar surface area (TPSA) is 140 Å². The summed E-state index contributed by atoms with van der Waals surface area (Å²) in [5.74, 6) is -1.46. The van der Waals surface area contributed by atoms with Crippen LogP contribution in [-0.2, 0) is 19.1 Å². The minimum Gasteiger partial charge on any atom is -0.480 e. The average molecular weight is 486 g/mol. The molecule has 0 saturated heterocycles. The Morgan fingerprint density at radius 3 is 1.91 bits per heavy atom. The summed E-state index contributed by atoms with van der Waals surface area (Å²) in [7, 11) is 0. The number of carbonyl (C=O) groups excluding carboxylic acids is 2. The van der Waals surface area contributed by atoms with E-state index in [-0.39, 0.29) is 25.0 Å². The summed E-state index contributed by atoms with van der Waals surface area (Å²) in [5.41, 5.74) is 7.92. The van der Waals surface area contributed by atoms with Gasteiger partial charge in [-0.15, -0.1) is 0 Å². The number of unbranched alkanes of at least 4 members (excludes halogenated alkanes) is 6. The van der Waals surface area contributed by atoms with Crippen LogP contribution < -0.4 is 16.4 Å². The van der Waals surface area contributed by atoms with Gasteiger partial charge in [-0.2, -0.15) is 0 Å². The Balaban J connectivity index is 1.51. The molecule has 2 rings (SSSR count). The summed E-state index contributed by atoms with van der Waals surface area (Å²) in [6, 6.07) is 13.6. The van der Waals surface area contributed by atoms with Crippen molar-refractivity contribution in [3.8, 4) is 0 Å². The maximum atomic E-state index is 12.4. The average Bonchev–Trinajstić information content (AvgIpc) is 2.83. The molecule has 9 nitrogen and oxygen atoms in total. The van der Waals surface area contributed by atoms with E-state index >= 15 is 0 Å². The number of nitrogens with two attached hydrogens (primary N) is 1. The molecule has 0 aliphatic carbocycles. The number of nitrogens with one attached hydrogen (secondary N) is 2. The molecule has 5 N–H and O–H groups in total. The predicted octanol–water partition coefficient (Wildman–Crippen LogP) is 4.31. The van der Waals surface area contributed by atoms with Crippen molar-refractivity contribution in [1.82, 2.24) is 0 Å². The number of rotatable bonds is 17. The van der Waals surface area contributed by atoms with Crippen LogP contribution in [0.2, 0.25) is 0 Å². The van der Waals surface area contributed by atoms with Gasteiger partial charge in [-0.1, -0.05) is 44.2 Å². The Labute approximate surface area is 206 Å². The molecule has 0 radical (unpaired) electrons. The van der Waals surface area contributed by atoms with Gasteiger partial charge in [-0.05, 0) is 49.2 Å². The highest BCUT2D eigenvalue weighted by molar-refractivity contribution is 6.06. The van der Waals surface area contributed by atoms with Gasteiger partial charge < -0.3 is 30.9 Å². The number of carboxylic acid groups (broad SMARTS) is 1. The van der Waals surface area contributed by atoms with Gasteiger partial charge in [-0.25, -0.2) is 4.79 Å². The zero-order chi connectivity index (χ0) is 25.3. The lowest BCUT2D eigenvalue weighted by molar-refractivity contribution is -0.142. The van der Waals surface area contributed by atoms with E-state index in [1.165, 1.54) is 0 Å². The van der Waals surface area contributed by atoms with Gasteiger partial charge in [0.2, 0.25) is 5.91 Å². The number of hydrogen-bond acceptors (Lipinski definition) is 6. The summed E-state index contributed by atoms with van der Waals surface area (Å²) in [4.78, 5) is 34.7. The fourth-order valence-electron chi connectivity index (χ4n) is 3.32. The molecule has 2 amide bonds. The van der Waals surface area contributed by atoms with Crippen LogP contribution >= 0.6 is 0 Å². The standard InChI is InChI=1S/C26H35N3O6/c27-22-10-6-7-11-23(22)29-26(33)20-12-14-21(15-13-20)28-24(30)18-34-16-8-4-2-1-3-5-9-17-35-19-25(31)32/h6-7,10-15H,1-5,8-9,16-19,27H2,(H,28,30)(H,29,33)(H,31,32). The second-order valence-electron chi connectivity index (χ2n) is 8.14. The fourth-order valence-corrected chi connectivity index (χ4v) is 3.32. The molecule has 0 aliphatic rings. The van der Waals surface area contributed by atoms with Crippen molar-refractivity contribution < 1.29 is 29.0 Å². The quantitative estimate of drug-likeness (QED) is 0.193. The number of para-hydroxylation sites is 2. The first-order valence-electron chi connectivity index (χ1n) is 11.9. The van der Waals surface area contributed by atoms with Crippen molar-refractivity contribution in [2.45, 2.75) is 44.9 Å². The van der Waals surface area contributed by atoms with Gasteiger partial charge in [-0.3, -0.25) is 9.59 Å². The molecule has 0 bridgehead atoms. The normalized spacial score (nSPS) is 10.6. The zero-order valence-corrected chi connectivity index (χ0v) is 20.0. The monoisotopic (exact) mass is 485 g/mol. The van der Waals surface area contributed by atoms with Crippen molar-refractivity contribution >= 4 is 34.8 Å². The van der Waals surface area contributed by atoms with Crippen molar-refractivity contribution in [3.63, 3.8) is 0 Å². The highest BCUT2D eigenvalue weighted by Crippen LogP contribution is 2.18. The van der Waals surface area contributed by atoms with Gasteiger partial charge >= 0.3 is 5.97 Å². The summed E-state index contributed by atoms with van der Waals surface area (Å²) < 4.78 is 10.4. The first kappa shape index (κ1) is 27.8. The van der Waals surface area contributed by atoms with E-state index in [4.69, 9.17) is 20.3 Å². The Hall–Kier alpha value is -3.43. The van der Waals surface area contributed by atoms with E-state index < -0.39 is 5.97 Å². The van der Waals surface area contributed by atoms with Crippen LogP contribution in [0.5, 0.6) is 0 Å². The highest BCUT2D eigenvalue weighted by atomic mass is 16.5. The first-order chi connectivity index (χ1) is 17.0. The van der Waals surface area contributed by atoms with E-state index in [1.54, 1.807) is 48.5 Å². The number of amides is 2. The number of aliphatic carboxylic acids is 1. The maximum absolute atomic E-state index is 12.4. The number of hydrogen-bond donors (Lipinski definition) is 4. The molecule has 0 atom stereocenters. The highest BCUT2D eigenvalue weighted by Gasteiger charge is 2.09. The molecule has 2 aromatic rings. The van der Waals surface area contributed by atoms with Crippen LogP contribution in [0, 0.1) is 0 Å². The van der Waals surface area contributed by atoms with Crippen LogP contribution in [0.15, 0.2) is 48.5 Å². The van der Waals surface area contributed by atoms with E-state index in [1.807, 2.05) is 0 Å².